The second-order valence-corrected chi connectivity index (χ2v) is 8.04. The molecule has 4 aromatic rings. The molecule has 2 aromatic heterocycles. The Balaban J connectivity index is 1.38. The maximum Gasteiger partial charge on any atom is 0.258 e. The average Bonchev–Trinajstić information content (AvgIpc) is 3.00. The molecule has 3 heterocycles. The van der Waals surface area contributed by atoms with Crippen LogP contribution in [0.25, 0.3) is 16.6 Å². The van der Waals surface area contributed by atoms with Crippen LogP contribution in [0.15, 0.2) is 84.1 Å². The molecule has 5 rings (SSSR count). The topological polar surface area (TPSA) is 73.3 Å². The van der Waals surface area contributed by atoms with Crippen molar-refractivity contribution in [2.75, 3.05) is 13.1 Å². The normalized spacial score (nSPS) is 13.6. The Morgan fingerprint density at radius 3 is 2.66 bits per heavy atom. The van der Waals surface area contributed by atoms with Crippen molar-refractivity contribution in [2.24, 2.45) is 0 Å². The van der Waals surface area contributed by atoms with Crippen molar-refractivity contribution in [3.63, 3.8) is 0 Å². The number of H-pyrrole nitrogens is 1. The van der Waals surface area contributed by atoms with Crippen LogP contribution in [0.5, 0.6) is 5.75 Å². The van der Waals surface area contributed by atoms with Crippen molar-refractivity contribution >= 4 is 10.9 Å². The second kappa shape index (κ2) is 8.30. The summed E-state index contributed by atoms with van der Waals surface area (Å²) in [6.07, 6.45) is 3.31. The summed E-state index contributed by atoms with van der Waals surface area (Å²) in [5.41, 5.74) is 5.09. The van der Waals surface area contributed by atoms with Crippen molar-refractivity contribution in [1.29, 1.82) is 0 Å². The number of nitrogens with zero attached hydrogens (tertiary/aromatic N) is 2. The SMILES string of the molecule is C=C([O-])N1CCc2[nH]c3cc(-n4ccc(OCc5ccccc5)cc4=O)ccc3c2CC1. The van der Waals surface area contributed by atoms with Crippen LogP contribution < -0.4 is 15.4 Å². The standard InChI is InChI=1S/C26H25N3O3/c1-18(30)28-12-10-23-22-8-7-20(15-25(22)27-24(23)11-13-28)29-14-9-21(16-26(29)31)32-17-19-5-3-2-4-6-19/h2-9,14-16,27,30H,1,10-13,17H2/p-1. The van der Waals surface area contributed by atoms with Gasteiger partial charge in [-0.3, -0.25) is 9.36 Å². The fourth-order valence-corrected chi connectivity index (χ4v) is 4.31. The molecule has 1 N–H and O–H groups in total. The number of pyridine rings is 1. The third-order valence-electron chi connectivity index (χ3n) is 6.01. The molecule has 162 valence electrons. The lowest BCUT2D eigenvalue weighted by molar-refractivity contribution is -0.331. The minimum Gasteiger partial charge on any atom is -0.861 e. The summed E-state index contributed by atoms with van der Waals surface area (Å²) in [5, 5.41) is 12.8. The van der Waals surface area contributed by atoms with E-state index in [0.717, 1.165) is 40.7 Å². The highest BCUT2D eigenvalue weighted by molar-refractivity contribution is 5.86. The second-order valence-electron chi connectivity index (χ2n) is 8.04. The summed E-state index contributed by atoms with van der Waals surface area (Å²) in [5.74, 6) is 0.421. The highest BCUT2D eigenvalue weighted by Gasteiger charge is 2.17. The van der Waals surface area contributed by atoms with Gasteiger partial charge in [-0.1, -0.05) is 43.0 Å². The number of aromatic nitrogens is 2. The van der Waals surface area contributed by atoms with Crippen LogP contribution in [-0.4, -0.2) is 27.5 Å². The maximum absolute atomic E-state index is 12.8. The first-order valence-corrected chi connectivity index (χ1v) is 10.7. The molecule has 0 bridgehead atoms. The number of nitrogens with one attached hydrogen (secondary N) is 1. The van der Waals surface area contributed by atoms with Crippen molar-refractivity contribution in [3.05, 3.63) is 106 Å². The summed E-state index contributed by atoms with van der Waals surface area (Å²) < 4.78 is 7.39. The first kappa shape index (κ1) is 20.0. The smallest absolute Gasteiger partial charge is 0.258 e. The molecule has 6 nitrogen and oxygen atoms in total. The Morgan fingerprint density at radius 2 is 1.88 bits per heavy atom. The van der Waals surface area contributed by atoms with Gasteiger partial charge in [0, 0.05) is 48.4 Å². The first-order valence-electron chi connectivity index (χ1n) is 10.7. The monoisotopic (exact) mass is 426 g/mol. The molecule has 32 heavy (non-hydrogen) atoms. The summed E-state index contributed by atoms with van der Waals surface area (Å²) in [7, 11) is 0. The van der Waals surface area contributed by atoms with Crippen molar-refractivity contribution in [3.8, 4) is 11.4 Å². The number of rotatable bonds is 5. The molecule has 0 radical (unpaired) electrons. The highest BCUT2D eigenvalue weighted by Crippen LogP contribution is 2.28. The average molecular weight is 426 g/mol. The van der Waals surface area contributed by atoms with E-state index in [9.17, 15) is 9.90 Å². The number of ether oxygens (including phenoxy) is 1. The van der Waals surface area contributed by atoms with Gasteiger partial charge in [0.2, 0.25) is 0 Å². The summed E-state index contributed by atoms with van der Waals surface area (Å²) in [6, 6.07) is 19.2. The van der Waals surface area contributed by atoms with Crippen LogP contribution in [-0.2, 0) is 19.4 Å². The van der Waals surface area contributed by atoms with Crippen LogP contribution in [0.1, 0.15) is 16.8 Å². The molecule has 0 fully saturated rings. The van der Waals surface area contributed by atoms with Crippen molar-refractivity contribution < 1.29 is 9.84 Å². The first-order chi connectivity index (χ1) is 15.6. The maximum atomic E-state index is 12.8. The van der Waals surface area contributed by atoms with E-state index in [4.69, 9.17) is 4.74 Å². The zero-order valence-electron chi connectivity index (χ0n) is 17.7. The van der Waals surface area contributed by atoms with E-state index in [1.54, 1.807) is 15.7 Å². The minimum atomic E-state index is -0.146. The van der Waals surface area contributed by atoms with Crippen molar-refractivity contribution in [2.45, 2.75) is 19.4 Å². The molecule has 0 atom stereocenters. The van der Waals surface area contributed by atoms with Crippen LogP contribution in [0.3, 0.4) is 0 Å². The van der Waals surface area contributed by atoms with Gasteiger partial charge < -0.3 is 19.7 Å². The lowest BCUT2D eigenvalue weighted by atomic mass is 10.1. The third kappa shape index (κ3) is 3.87. The summed E-state index contributed by atoms with van der Waals surface area (Å²) in [6.45, 7) is 5.29. The van der Waals surface area contributed by atoms with E-state index in [1.807, 2.05) is 54.6 Å². The molecule has 0 unspecified atom stereocenters. The fourth-order valence-electron chi connectivity index (χ4n) is 4.31. The molecule has 6 heteroatoms. The molecular formula is C26H24N3O3-. The van der Waals surface area contributed by atoms with Gasteiger partial charge in [0.1, 0.15) is 12.4 Å². The van der Waals surface area contributed by atoms with E-state index >= 15 is 0 Å². The van der Waals surface area contributed by atoms with Crippen LogP contribution in [0.2, 0.25) is 0 Å². The van der Waals surface area contributed by atoms with Gasteiger partial charge in [-0.25, -0.2) is 0 Å². The number of hydrogen-bond acceptors (Lipinski definition) is 4. The zero-order valence-corrected chi connectivity index (χ0v) is 17.7. The van der Waals surface area contributed by atoms with E-state index < -0.39 is 0 Å². The Kier molecular flexibility index (Phi) is 5.19. The molecule has 1 aliphatic rings. The number of fused-ring (bicyclic) bond motifs is 3. The Morgan fingerprint density at radius 1 is 1.06 bits per heavy atom. The lowest BCUT2D eigenvalue weighted by Gasteiger charge is -2.28. The Bertz CT molecular complexity index is 1340. The zero-order chi connectivity index (χ0) is 22.1. The number of benzene rings is 2. The molecule has 2 aromatic carbocycles. The molecule has 0 spiro atoms. The van der Waals surface area contributed by atoms with Gasteiger partial charge in [-0.15, -0.1) is 0 Å². The minimum absolute atomic E-state index is 0.127. The largest absolute Gasteiger partial charge is 0.861 e. The van der Waals surface area contributed by atoms with Gasteiger partial charge >= 0.3 is 0 Å². The lowest BCUT2D eigenvalue weighted by Crippen LogP contribution is -2.31. The molecule has 0 aliphatic carbocycles. The predicted octanol–water partition coefficient (Wildman–Crippen LogP) is 3.13. The third-order valence-corrected chi connectivity index (χ3v) is 6.01. The molecule has 0 saturated carbocycles. The van der Waals surface area contributed by atoms with Gasteiger partial charge in [-0.2, -0.15) is 0 Å². The van der Waals surface area contributed by atoms with Gasteiger partial charge in [0.25, 0.3) is 5.56 Å². The summed E-state index contributed by atoms with van der Waals surface area (Å²) in [4.78, 5) is 18.0. The predicted molar refractivity (Wildman–Crippen MR) is 123 cm³/mol. The number of aromatic amines is 1. The number of hydrogen-bond donors (Lipinski definition) is 1. The van der Waals surface area contributed by atoms with E-state index in [0.29, 0.717) is 25.4 Å². The molecular weight excluding hydrogens is 402 g/mol. The van der Waals surface area contributed by atoms with Crippen LogP contribution in [0, 0.1) is 0 Å². The van der Waals surface area contributed by atoms with Crippen LogP contribution >= 0.6 is 0 Å². The fraction of sp³-hybridized carbons (Fsp3) is 0.192. The van der Waals surface area contributed by atoms with Gasteiger partial charge in [-0.05, 0) is 41.6 Å². The van der Waals surface area contributed by atoms with E-state index in [-0.39, 0.29) is 11.4 Å². The van der Waals surface area contributed by atoms with Gasteiger partial charge in [0.05, 0.1) is 5.69 Å². The van der Waals surface area contributed by atoms with Crippen molar-refractivity contribution in [1.82, 2.24) is 14.5 Å². The molecule has 0 saturated heterocycles. The Hall–Kier alpha value is -3.93. The van der Waals surface area contributed by atoms with E-state index in [1.165, 1.54) is 11.6 Å². The quantitative estimate of drug-likeness (QED) is 0.498. The van der Waals surface area contributed by atoms with E-state index in [2.05, 4.69) is 11.6 Å². The Labute approximate surface area is 186 Å². The van der Waals surface area contributed by atoms with Crippen LogP contribution in [0.4, 0.5) is 0 Å². The highest BCUT2D eigenvalue weighted by atomic mass is 16.5. The molecule has 0 amide bonds. The summed E-state index contributed by atoms with van der Waals surface area (Å²) >= 11 is 0. The van der Waals surface area contributed by atoms with Gasteiger partial charge in [0.15, 0.2) is 0 Å². The molecule has 1 aliphatic heterocycles.